The Morgan fingerprint density at radius 2 is 2.25 bits per heavy atom. The van der Waals surface area contributed by atoms with Gasteiger partial charge < -0.3 is 15.4 Å². The number of nitrogens with one attached hydrogen (secondary N) is 2. The van der Waals surface area contributed by atoms with Gasteiger partial charge in [-0.1, -0.05) is 18.2 Å². The molecule has 1 unspecified atom stereocenters. The first kappa shape index (κ1) is 14.8. The van der Waals surface area contributed by atoms with E-state index >= 15 is 0 Å². The highest BCUT2D eigenvalue weighted by molar-refractivity contribution is 5.79. The highest BCUT2D eigenvalue weighted by atomic mass is 19.1. The molecule has 0 bridgehead atoms. The standard InChI is InChI=1S/C15H22FN3O/c1-17-15(19-10-12-7-9-20-11-12)18-8-6-13-4-2-3-5-14(13)16/h2-5,12H,6-11H2,1H3,(H2,17,18,19). The second kappa shape index (κ2) is 7.85. The van der Waals surface area contributed by atoms with Crippen LogP contribution in [0.4, 0.5) is 4.39 Å². The molecule has 0 radical (unpaired) electrons. The molecule has 110 valence electrons. The smallest absolute Gasteiger partial charge is 0.190 e. The second-order valence-corrected chi connectivity index (χ2v) is 4.95. The molecule has 1 atom stereocenters. The predicted molar refractivity (Wildman–Crippen MR) is 78.4 cm³/mol. The van der Waals surface area contributed by atoms with E-state index in [9.17, 15) is 4.39 Å². The average molecular weight is 279 g/mol. The van der Waals surface area contributed by atoms with Crippen molar-refractivity contribution in [3.8, 4) is 0 Å². The molecule has 0 aliphatic carbocycles. The van der Waals surface area contributed by atoms with Crippen LogP contribution >= 0.6 is 0 Å². The zero-order valence-electron chi connectivity index (χ0n) is 11.9. The molecule has 1 saturated heterocycles. The van der Waals surface area contributed by atoms with E-state index in [0.29, 0.717) is 18.9 Å². The van der Waals surface area contributed by atoms with Crippen molar-refractivity contribution in [2.24, 2.45) is 10.9 Å². The molecule has 0 amide bonds. The number of aliphatic imine (C=N–C) groups is 1. The number of ether oxygens (including phenoxy) is 1. The lowest BCUT2D eigenvalue weighted by atomic mass is 10.1. The van der Waals surface area contributed by atoms with Gasteiger partial charge in [-0.2, -0.15) is 0 Å². The molecule has 1 aliphatic rings. The zero-order valence-corrected chi connectivity index (χ0v) is 11.9. The molecule has 1 aromatic carbocycles. The van der Waals surface area contributed by atoms with Crippen molar-refractivity contribution in [2.75, 3.05) is 33.4 Å². The van der Waals surface area contributed by atoms with Crippen LogP contribution < -0.4 is 10.6 Å². The minimum Gasteiger partial charge on any atom is -0.381 e. The molecule has 4 nitrogen and oxygen atoms in total. The average Bonchev–Trinajstić information content (AvgIpc) is 2.98. The normalized spacial score (nSPS) is 19.1. The molecule has 2 N–H and O–H groups in total. The summed E-state index contributed by atoms with van der Waals surface area (Å²) in [6.07, 6.45) is 1.74. The fourth-order valence-corrected chi connectivity index (χ4v) is 2.22. The van der Waals surface area contributed by atoms with E-state index in [1.807, 2.05) is 12.1 Å². The minimum atomic E-state index is -0.152. The molecule has 0 saturated carbocycles. The molecular formula is C15H22FN3O. The van der Waals surface area contributed by atoms with Crippen LogP contribution in [0.1, 0.15) is 12.0 Å². The van der Waals surface area contributed by atoms with Crippen molar-refractivity contribution in [2.45, 2.75) is 12.8 Å². The van der Waals surface area contributed by atoms with Crippen molar-refractivity contribution < 1.29 is 9.13 Å². The van der Waals surface area contributed by atoms with Gasteiger partial charge in [-0.05, 0) is 24.5 Å². The number of nitrogens with zero attached hydrogens (tertiary/aromatic N) is 1. The van der Waals surface area contributed by atoms with Gasteiger partial charge in [-0.25, -0.2) is 4.39 Å². The Bertz CT molecular complexity index is 444. The Morgan fingerprint density at radius 3 is 2.95 bits per heavy atom. The van der Waals surface area contributed by atoms with E-state index in [-0.39, 0.29) is 5.82 Å². The van der Waals surface area contributed by atoms with Gasteiger partial charge in [0.1, 0.15) is 5.82 Å². The second-order valence-electron chi connectivity index (χ2n) is 4.95. The molecule has 1 fully saturated rings. The van der Waals surface area contributed by atoms with Crippen molar-refractivity contribution in [3.05, 3.63) is 35.6 Å². The maximum Gasteiger partial charge on any atom is 0.190 e. The topological polar surface area (TPSA) is 45.7 Å². The molecule has 1 aliphatic heterocycles. The van der Waals surface area contributed by atoms with Gasteiger partial charge in [-0.15, -0.1) is 0 Å². The molecular weight excluding hydrogens is 257 g/mol. The van der Waals surface area contributed by atoms with E-state index < -0.39 is 0 Å². The van der Waals surface area contributed by atoms with Crippen molar-refractivity contribution in [1.29, 1.82) is 0 Å². The van der Waals surface area contributed by atoms with E-state index in [2.05, 4.69) is 15.6 Å². The lowest BCUT2D eigenvalue weighted by molar-refractivity contribution is 0.186. The van der Waals surface area contributed by atoms with Crippen LogP contribution in [0.2, 0.25) is 0 Å². The van der Waals surface area contributed by atoms with E-state index in [0.717, 1.165) is 37.7 Å². The molecule has 2 rings (SSSR count). The molecule has 20 heavy (non-hydrogen) atoms. The fraction of sp³-hybridized carbons (Fsp3) is 0.533. The molecule has 5 heteroatoms. The van der Waals surface area contributed by atoms with Crippen LogP contribution in [0.3, 0.4) is 0 Å². The number of hydrogen-bond donors (Lipinski definition) is 2. The van der Waals surface area contributed by atoms with Gasteiger partial charge in [0.25, 0.3) is 0 Å². The Morgan fingerprint density at radius 1 is 1.40 bits per heavy atom. The van der Waals surface area contributed by atoms with E-state index in [4.69, 9.17) is 4.74 Å². The van der Waals surface area contributed by atoms with Gasteiger partial charge in [0.05, 0.1) is 6.61 Å². The summed E-state index contributed by atoms with van der Waals surface area (Å²) in [6, 6.07) is 6.85. The fourth-order valence-electron chi connectivity index (χ4n) is 2.22. The van der Waals surface area contributed by atoms with Crippen LogP contribution in [0.15, 0.2) is 29.3 Å². The minimum absolute atomic E-state index is 0.152. The third-order valence-electron chi connectivity index (χ3n) is 3.45. The lowest BCUT2D eigenvalue weighted by Gasteiger charge is -2.14. The van der Waals surface area contributed by atoms with Gasteiger partial charge in [0.2, 0.25) is 0 Å². The number of benzene rings is 1. The summed E-state index contributed by atoms with van der Waals surface area (Å²) < 4.78 is 18.8. The Hall–Kier alpha value is -1.62. The number of halogens is 1. The number of hydrogen-bond acceptors (Lipinski definition) is 2. The van der Waals surface area contributed by atoms with Crippen LogP contribution in [0.25, 0.3) is 0 Å². The molecule has 0 aromatic heterocycles. The zero-order chi connectivity index (χ0) is 14.2. The summed E-state index contributed by atoms with van der Waals surface area (Å²) >= 11 is 0. The quantitative estimate of drug-likeness (QED) is 0.635. The van der Waals surface area contributed by atoms with E-state index in [1.54, 1.807) is 13.1 Å². The van der Waals surface area contributed by atoms with Gasteiger partial charge in [0, 0.05) is 32.7 Å². The summed E-state index contributed by atoms with van der Waals surface area (Å²) in [5.74, 6) is 1.16. The van der Waals surface area contributed by atoms with Crippen LogP contribution in [0, 0.1) is 11.7 Å². The first-order chi connectivity index (χ1) is 9.79. The third-order valence-corrected chi connectivity index (χ3v) is 3.45. The summed E-state index contributed by atoms with van der Waals surface area (Å²) in [5.41, 5.74) is 0.722. The summed E-state index contributed by atoms with van der Waals surface area (Å²) in [4.78, 5) is 4.16. The number of guanidine groups is 1. The SMILES string of the molecule is CN=C(NCCc1ccccc1F)NCC1CCOC1. The van der Waals surface area contributed by atoms with Crippen LogP contribution in [-0.4, -0.2) is 39.3 Å². The lowest BCUT2D eigenvalue weighted by Crippen LogP contribution is -2.40. The van der Waals surface area contributed by atoms with Crippen LogP contribution in [-0.2, 0) is 11.2 Å². The van der Waals surface area contributed by atoms with Crippen molar-refractivity contribution in [1.82, 2.24) is 10.6 Å². The summed E-state index contributed by atoms with van der Waals surface area (Å²) in [6.45, 7) is 3.19. The van der Waals surface area contributed by atoms with Gasteiger partial charge >= 0.3 is 0 Å². The maximum absolute atomic E-state index is 13.5. The monoisotopic (exact) mass is 279 g/mol. The van der Waals surface area contributed by atoms with E-state index in [1.165, 1.54) is 6.07 Å². The van der Waals surface area contributed by atoms with Crippen molar-refractivity contribution in [3.63, 3.8) is 0 Å². The predicted octanol–water partition coefficient (Wildman–Crippen LogP) is 1.57. The third kappa shape index (κ3) is 4.49. The molecule has 0 spiro atoms. The summed E-state index contributed by atoms with van der Waals surface area (Å²) in [5, 5.41) is 6.48. The van der Waals surface area contributed by atoms with Crippen LogP contribution in [0.5, 0.6) is 0 Å². The largest absolute Gasteiger partial charge is 0.381 e. The first-order valence-electron chi connectivity index (χ1n) is 7.05. The maximum atomic E-state index is 13.5. The molecule has 1 heterocycles. The van der Waals surface area contributed by atoms with Gasteiger partial charge in [0.15, 0.2) is 5.96 Å². The Kier molecular flexibility index (Phi) is 5.80. The molecule has 1 aromatic rings. The van der Waals surface area contributed by atoms with Crippen molar-refractivity contribution >= 4 is 5.96 Å². The highest BCUT2D eigenvalue weighted by Crippen LogP contribution is 2.10. The van der Waals surface area contributed by atoms with Gasteiger partial charge in [-0.3, -0.25) is 4.99 Å². The Labute approximate surface area is 119 Å². The number of rotatable bonds is 5. The first-order valence-corrected chi connectivity index (χ1v) is 7.05. The Balaban J connectivity index is 1.70. The highest BCUT2D eigenvalue weighted by Gasteiger charge is 2.15. The summed E-state index contributed by atoms with van der Waals surface area (Å²) in [7, 11) is 1.74.